The third-order valence-electron chi connectivity index (χ3n) is 3.89. The highest BCUT2D eigenvalue weighted by molar-refractivity contribution is 6.30. The molecule has 0 radical (unpaired) electrons. The zero-order chi connectivity index (χ0) is 20.1. The molecule has 6 heteroatoms. The van der Waals surface area contributed by atoms with Crippen LogP contribution in [0.1, 0.15) is 13.8 Å². The predicted octanol–water partition coefficient (Wildman–Crippen LogP) is 5.24. The lowest BCUT2D eigenvalue weighted by atomic mass is 10.2. The van der Waals surface area contributed by atoms with Gasteiger partial charge in [-0.1, -0.05) is 11.6 Å². The van der Waals surface area contributed by atoms with Gasteiger partial charge in [-0.05, 0) is 86.6 Å². The summed E-state index contributed by atoms with van der Waals surface area (Å²) in [5.41, 5.74) is 2.74. The van der Waals surface area contributed by atoms with Crippen LogP contribution < -0.4 is 14.4 Å². The second-order valence-corrected chi connectivity index (χ2v) is 6.67. The molecule has 2 atom stereocenters. The van der Waals surface area contributed by atoms with Gasteiger partial charge in [0.1, 0.15) is 11.5 Å². The predicted molar refractivity (Wildman–Crippen MR) is 111 cm³/mol. The van der Waals surface area contributed by atoms with Crippen LogP contribution >= 0.6 is 11.6 Å². The van der Waals surface area contributed by atoms with Gasteiger partial charge in [-0.2, -0.15) is 0 Å². The van der Waals surface area contributed by atoms with E-state index in [9.17, 15) is 10.2 Å². The third kappa shape index (κ3) is 5.16. The van der Waals surface area contributed by atoms with Gasteiger partial charge in [-0.3, -0.25) is 0 Å². The Morgan fingerprint density at radius 2 is 0.964 bits per heavy atom. The van der Waals surface area contributed by atoms with Crippen molar-refractivity contribution in [3.8, 4) is 11.5 Å². The van der Waals surface area contributed by atoms with Crippen molar-refractivity contribution in [1.29, 1.82) is 0 Å². The normalized spacial score (nSPS) is 12.9. The minimum absolute atomic E-state index is 0.579. The van der Waals surface area contributed by atoms with Gasteiger partial charge < -0.3 is 24.6 Å². The molecule has 0 aliphatic carbocycles. The Balaban J connectivity index is 1.97. The summed E-state index contributed by atoms with van der Waals surface area (Å²) in [5.74, 6) is 1.16. The summed E-state index contributed by atoms with van der Waals surface area (Å²) >= 11 is 6.05. The fraction of sp³-hybridized carbons (Fsp3) is 0.182. The molecule has 28 heavy (non-hydrogen) atoms. The van der Waals surface area contributed by atoms with Gasteiger partial charge in [0.15, 0.2) is 12.6 Å². The van der Waals surface area contributed by atoms with Gasteiger partial charge >= 0.3 is 0 Å². The topological polar surface area (TPSA) is 62.2 Å². The fourth-order valence-corrected chi connectivity index (χ4v) is 2.90. The van der Waals surface area contributed by atoms with Crippen LogP contribution in [0.15, 0.2) is 72.8 Å². The fourth-order valence-electron chi connectivity index (χ4n) is 2.78. The average Bonchev–Trinajstić information content (AvgIpc) is 2.65. The van der Waals surface area contributed by atoms with E-state index in [4.69, 9.17) is 21.1 Å². The standard InChI is InChI=1S/C22H22ClNO4/c1-15(25)27-21-11-7-19(8-12-21)24(18-5-3-17(23)4-6-18)20-9-13-22(14-10-20)28-16(2)26/h3-16,25-26H,1-2H3. The van der Waals surface area contributed by atoms with E-state index in [2.05, 4.69) is 4.90 Å². The molecule has 0 aliphatic heterocycles. The van der Waals surface area contributed by atoms with Crippen molar-refractivity contribution in [1.82, 2.24) is 0 Å². The number of benzene rings is 3. The van der Waals surface area contributed by atoms with Gasteiger partial charge in [0, 0.05) is 22.1 Å². The molecule has 0 amide bonds. The molecule has 2 N–H and O–H groups in total. The van der Waals surface area contributed by atoms with Gasteiger partial charge in [0.05, 0.1) is 0 Å². The van der Waals surface area contributed by atoms with E-state index >= 15 is 0 Å². The Hall–Kier alpha value is -2.73. The van der Waals surface area contributed by atoms with Crippen molar-refractivity contribution in [2.45, 2.75) is 26.4 Å². The van der Waals surface area contributed by atoms with Crippen molar-refractivity contribution >= 4 is 28.7 Å². The van der Waals surface area contributed by atoms with Gasteiger partial charge in [-0.25, -0.2) is 0 Å². The van der Waals surface area contributed by atoms with Crippen molar-refractivity contribution in [3.05, 3.63) is 77.8 Å². The van der Waals surface area contributed by atoms with Crippen LogP contribution in [0, 0.1) is 0 Å². The molecule has 0 fully saturated rings. The van der Waals surface area contributed by atoms with Crippen LogP contribution in [0.2, 0.25) is 5.02 Å². The maximum atomic E-state index is 9.38. The first-order valence-corrected chi connectivity index (χ1v) is 9.25. The third-order valence-corrected chi connectivity index (χ3v) is 4.14. The minimum Gasteiger partial charge on any atom is -0.465 e. The largest absolute Gasteiger partial charge is 0.465 e. The molecule has 2 unspecified atom stereocenters. The minimum atomic E-state index is -0.875. The Morgan fingerprint density at radius 1 is 0.643 bits per heavy atom. The highest BCUT2D eigenvalue weighted by Crippen LogP contribution is 2.36. The molecule has 3 aromatic rings. The monoisotopic (exact) mass is 399 g/mol. The maximum Gasteiger partial charge on any atom is 0.194 e. The average molecular weight is 400 g/mol. The number of aliphatic hydroxyl groups excluding tert-OH is 2. The lowest BCUT2D eigenvalue weighted by Gasteiger charge is -2.26. The molecule has 0 saturated carbocycles. The second-order valence-electron chi connectivity index (χ2n) is 6.23. The van der Waals surface area contributed by atoms with Gasteiger partial charge in [0.2, 0.25) is 0 Å². The molecule has 0 aromatic heterocycles. The zero-order valence-electron chi connectivity index (χ0n) is 15.6. The quantitative estimate of drug-likeness (QED) is 0.532. The summed E-state index contributed by atoms with van der Waals surface area (Å²) in [6.07, 6.45) is -1.75. The number of anilines is 3. The summed E-state index contributed by atoms with van der Waals surface area (Å²) in [6, 6.07) is 22.4. The molecule has 0 saturated heterocycles. The molecule has 0 bridgehead atoms. The van der Waals surface area contributed by atoms with Crippen molar-refractivity contribution in [2.24, 2.45) is 0 Å². The Morgan fingerprint density at radius 3 is 1.29 bits per heavy atom. The van der Waals surface area contributed by atoms with Crippen LogP contribution in [0.3, 0.4) is 0 Å². The van der Waals surface area contributed by atoms with Crippen molar-refractivity contribution in [2.75, 3.05) is 4.90 Å². The molecule has 0 aliphatic rings. The number of hydrogen-bond donors (Lipinski definition) is 2. The first kappa shape index (κ1) is 20.0. The van der Waals surface area contributed by atoms with Crippen LogP contribution in [0.4, 0.5) is 17.1 Å². The first-order chi connectivity index (χ1) is 13.4. The smallest absolute Gasteiger partial charge is 0.194 e. The number of aliphatic hydroxyl groups is 2. The number of ether oxygens (including phenoxy) is 2. The molecular weight excluding hydrogens is 378 g/mol. The SMILES string of the molecule is CC(O)Oc1ccc(N(c2ccc(Cl)cc2)c2ccc(OC(C)O)cc2)cc1. The highest BCUT2D eigenvalue weighted by atomic mass is 35.5. The number of nitrogens with zero attached hydrogens (tertiary/aromatic N) is 1. The summed E-state index contributed by atoms with van der Waals surface area (Å²) in [4.78, 5) is 2.05. The number of hydrogen-bond acceptors (Lipinski definition) is 5. The van der Waals surface area contributed by atoms with E-state index < -0.39 is 12.6 Å². The number of rotatable bonds is 7. The van der Waals surface area contributed by atoms with Gasteiger partial charge in [-0.15, -0.1) is 0 Å². The molecule has 0 spiro atoms. The second kappa shape index (κ2) is 8.97. The van der Waals surface area contributed by atoms with Crippen LogP contribution in [-0.2, 0) is 0 Å². The number of halogens is 1. The van der Waals surface area contributed by atoms with Crippen LogP contribution in [0.5, 0.6) is 11.5 Å². The Bertz CT molecular complexity index is 824. The lowest BCUT2D eigenvalue weighted by molar-refractivity contribution is -0.000859. The highest BCUT2D eigenvalue weighted by Gasteiger charge is 2.13. The zero-order valence-corrected chi connectivity index (χ0v) is 16.4. The molecule has 146 valence electrons. The van der Waals surface area contributed by atoms with E-state index in [0.29, 0.717) is 16.5 Å². The van der Waals surface area contributed by atoms with E-state index in [0.717, 1.165) is 17.1 Å². The van der Waals surface area contributed by atoms with E-state index in [1.807, 2.05) is 48.5 Å². The van der Waals surface area contributed by atoms with E-state index in [-0.39, 0.29) is 0 Å². The molecule has 0 heterocycles. The molecule has 5 nitrogen and oxygen atoms in total. The van der Waals surface area contributed by atoms with E-state index in [1.165, 1.54) is 0 Å². The maximum absolute atomic E-state index is 9.38. The lowest BCUT2D eigenvalue weighted by Crippen LogP contribution is -2.12. The van der Waals surface area contributed by atoms with Crippen molar-refractivity contribution < 1.29 is 19.7 Å². The van der Waals surface area contributed by atoms with Crippen LogP contribution in [0.25, 0.3) is 0 Å². The summed E-state index contributed by atoms with van der Waals surface area (Å²) in [6.45, 7) is 3.12. The van der Waals surface area contributed by atoms with E-state index in [1.54, 1.807) is 38.1 Å². The first-order valence-electron chi connectivity index (χ1n) is 8.87. The molecule has 3 rings (SSSR count). The summed E-state index contributed by atoms with van der Waals surface area (Å²) < 4.78 is 10.6. The van der Waals surface area contributed by atoms with Crippen molar-refractivity contribution in [3.63, 3.8) is 0 Å². The molecular formula is C22H22ClNO4. The molecule has 3 aromatic carbocycles. The Kier molecular flexibility index (Phi) is 6.41. The summed E-state index contributed by atoms with van der Waals surface area (Å²) in [7, 11) is 0. The summed E-state index contributed by atoms with van der Waals surface area (Å²) in [5, 5.41) is 19.4. The van der Waals surface area contributed by atoms with Crippen LogP contribution in [-0.4, -0.2) is 22.8 Å². The van der Waals surface area contributed by atoms with Gasteiger partial charge in [0.25, 0.3) is 0 Å². The Labute approximate surface area is 169 Å².